The van der Waals surface area contributed by atoms with E-state index in [9.17, 15) is 0 Å². The molecular weight excluding hydrogens is 136 g/mol. The quantitative estimate of drug-likeness (QED) is 0.558. The molecule has 0 spiro atoms. The Labute approximate surface area is 65.0 Å². The van der Waals surface area contributed by atoms with Gasteiger partial charge in [0.05, 0.1) is 0 Å². The van der Waals surface area contributed by atoms with Crippen LogP contribution in [0.15, 0.2) is 30.8 Å². The predicted octanol–water partition coefficient (Wildman–Crippen LogP) is 2.00. The highest BCUT2D eigenvalue weighted by atomic mass is 28.1. The first-order valence-electron chi connectivity index (χ1n) is 3.23. The van der Waals surface area contributed by atoms with Crippen molar-refractivity contribution in [2.24, 2.45) is 0 Å². The van der Waals surface area contributed by atoms with E-state index in [2.05, 4.69) is 41.1 Å². The van der Waals surface area contributed by atoms with Gasteiger partial charge < -0.3 is 0 Å². The highest BCUT2D eigenvalue weighted by Crippen LogP contribution is 2.04. The minimum atomic E-state index is 0.914. The van der Waals surface area contributed by atoms with E-state index in [1.54, 1.807) is 0 Å². The molecule has 0 N–H and O–H groups in total. The Hall–Kier alpha value is -0.823. The Balaban J connectivity index is 2.90. The van der Waals surface area contributed by atoms with Crippen molar-refractivity contribution in [1.29, 1.82) is 0 Å². The molecule has 0 amide bonds. The molecule has 0 nitrogen and oxygen atoms in total. The molecular formula is C9H9Si. The maximum Gasteiger partial charge on any atom is 0.0283 e. The molecule has 0 aliphatic carbocycles. The van der Waals surface area contributed by atoms with Crippen LogP contribution in [0.4, 0.5) is 0 Å². The molecule has 0 saturated heterocycles. The largest absolute Gasteiger partial charge is 0.0985 e. The number of hydrogen-bond donors (Lipinski definition) is 0. The molecule has 0 saturated carbocycles. The van der Waals surface area contributed by atoms with Crippen molar-refractivity contribution in [3.05, 3.63) is 42.0 Å². The van der Waals surface area contributed by atoms with Gasteiger partial charge in [-0.3, -0.25) is 0 Å². The summed E-state index contributed by atoms with van der Waals surface area (Å²) in [7, 11) is 3.42. The summed E-state index contributed by atoms with van der Waals surface area (Å²) in [6.07, 6.45) is 1.84. The van der Waals surface area contributed by atoms with E-state index >= 15 is 0 Å². The van der Waals surface area contributed by atoms with Crippen LogP contribution in [0.3, 0.4) is 0 Å². The van der Waals surface area contributed by atoms with Crippen molar-refractivity contribution in [3.63, 3.8) is 0 Å². The average molecular weight is 145 g/mol. The lowest BCUT2D eigenvalue weighted by molar-refractivity contribution is 1.40. The van der Waals surface area contributed by atoms with Crippen LogP contribution in [0.2, 0.25) is 0 Å². The molecule has 1 heteroatoms. The Morgan fingerprint density at radius 2 is 1.90 bits per heavy atom. The van der Waals surface area contributed by atoms with Crippen molar-refractivity contribution in [2.75, 3.05) is 0 Å². The van der Waals surface area contributed by atoms with Gasteiger partial charge in [-0.2, -0.15) is 0 Å². The Morgan fingerprint density at radius 3 is 2.30 bits per heavy atom. The summed E-state index contributed by atoms with van der Waals surface area (Å²) in [5.74, 6) is 0. The number of hydrogen-bond acceptors (Lipinski definition) is 0. The zero-order chi connectivity index (χ0) is 7.40. The van der Waals surface area contributed by atoms with Crippen molar-refractivity contribution >= 4 is 16.3 Å². The maximum atomic E-state index is 3.67. The van der Waals surface area contributed by atoms with E-state index in [0.29, 0.717) is 0 Å². The van der Waals surface area contributed by atoms with Crippen LogP contribution < -0.4 is 0 Å². The first kappa shape index (κ1) is 7.29. The van der Waals surface area contributed by atoms with Gasteiger partial charge >= 0.3 is 0 Å². The highest BCUT2D eigenvalue weighted by molar-refractivity contribution is 6.08. The SMILES string of the molecule is C=Cc1ccc(C[Si])cc1. The predicted molar refractivity (Wildman–Crippen MR) is 46.0 cm³/mol. The van der Waals surface area contributed by atoms with Crippen molar-refractivity contribution in [3.8, 4) is 0 Å². The molecule has 0 aliphatic rings. The topological polar surface area (TPSA) is 0 Å². The molecule has 1 rings (SSSR count). The molecule has 49 valence electrons. The smallest absolute Gasteiger partial charge is 0.0283 e. The van der Waals surface area contributed by atoms with Crippen molar-refractivity contribution < 1.29 is 0 Å². The third-order valence-corrected chi connectivity index (χ3v) is 1.83. The van der Waals surface area contributed by atoms with Crippen LogP contribution in [-0.2, 0) is 6.04 Å². The van der Waals surface area contributed by atoms with E-state index in [0.717, 1.165) is 6.04 Å². The molecule has 0 bridgehead atoms. The summed E-state index contributed by atoms with van der Waals surface area (Å²) in [5.41, 5.74) is 2.46. The second kappa shape index (κ2) is 3.37. The molecule has 0 aliphatic heterocycles. The fraction of sp³-hybridized carbons (Fsp3) is 0.111. The van der Waals surface area contributed by atoms with Crippen LogP contribution >= 0.6 is 0 Å². The van der Waals surface area contributed by atoms with Gasteiger partial charge in [0.25, 0.3) is 0 Å². The van der Waals surface area contributed by atoms with Crippen LogP contribution in [0.1, 0.15) is 11.1 Å². The lowest BCUT2D eigenvalue weighted by Crippen LogP contribution is -1.81. The summed E-state index contributed by atoms with van der Waals surface area (Å²) in [5, 5.41) is 0. The van der Waals surface area contributed by atoms with Crippen LogP contribution in [0.25, 0.3) is 6.08 Å². The molecule has 1 aromatic carbocycles. The van der Waals surface area contributed by atoms with Gasteiger partial charge in [0.2, 0.25) is 0 Å². The average Bonchev–Trinajstić information content (AvgIpc) is 2.05. The Bertz CT molecular complexity index is 211. The number of benzene rings is 1. The van der Waals surface area contributed by atoms with Gasteiger partial charge in [-0.25, -0.2) is 0 Å². The first-order chi connectivity index (χ1) is 4.86. The van der Waals surface area contributed by atoms with E-state index < -0.39 is 0 Å². The normalized spacial score (nSPS) is 9.30. The minimum Gasteiger partial charge on any atom is -0.0985 e. The van der Waals surface area contributed by atoms with Crippen LogP contribution in [0, 0.1) is 0 Å². The van der Waals surface area contributed by atoms with Gasteiger partial charge in [0, 0.05) is 10.2 Å². The lowest BCUT2D eigenvalue weighted by Gasteiger charge is -1.95. The molecule has 0 heterocycles. The minimum absolute atomic E-state index is 0.914. The summed E-state index contributed by atoms with van der Waals surface area (Å²) >= 11 is 0. The molecule has 0 unspecified atom stereocenters. The summed E-state index contributed by atoms with van der Waals surface area (Å²) in [6, 6.07) is 9.20. The monoisotopic (exact) mass is 145 g/mol. The summed E-state index contributed by atoms with van der Waals surface area (Å²) in [4.78, 5) is 0. The van der Waals surface area contributed by atoms with E-state index in [4.69, 9.17) is 0 Å². The molecule has 0 fully saturated rings. The fourth-order valence-electron chi connectivity index (χ4n) is 0.772. The van der Waals surface area contributed by atoms with E-state index in [-0.39, 0.29) is 0 Å². The molecule has 0 aromatic heterocycles. The van der Waals surface area contributed by atoms with Gasteiger partial charge in [-0.15, -0.1) is 0 Å². The van der Waals surface area contributed by atoms with Crippen molar-refractivity contribution in [1.82, 2.24) is 0 Å². The van der Waals surface area contributed by atoms with Gasteiger partial charge in [0.15, 0.2) is 0 Å². The van der Waals surface area contributed by atoms with E-state index in [1.165, 1.54) is 11.1 Å². The van der Waals surface area contributed by atoms with Crippen LogP contribution in [-0.4, -0.2) is 10.2 Å². The maximum absolute atomic E-state index is 3.67. The first-order valence-corrected chi connectivity index (χ1v) is 3.93. The highest BCUT2D eigenvalue weighted by Gasteiger charge is 1.86. The Kier molecular flexibility index (Phi) is 2.46. The lowest BCUT2D eigenvalue weighted by atomic mass is 10.1. The molecule has 10 heavy (non-hydrogen) atoms. The van der Waals surface area contributed by atoms with Crippen LogP contribution in [0.5, 0.6) is 0 Å². The molecule has 3 radical (unpaired) electrons. The second-order valence-electron chi connectivity index (χ2n) is 2.12. The van der Waals surface area contributed by atoms with Gasteiger partial charge in [0.1, 0.15) is 0 Å². The third-order valence-electron chi connectivity index (χ3n) is 1.42. The zero-order valence-corrected chi connectivity index (χ0v) is 6.80. The fourth-order valence-corrected chi connectivity index (χ4v) is 1.01. The van der Waals surface area contributed by atoms with Gasteiger partial charge in [-0.05, 0) is 11.6 Å². The summed E-state index contributed by atoms with van der Waals surface area (Å²) in [6.45, 7) is 3.67. The van der Waals surface area contributed by atoms with E-state index in [1.807, 2.05) is 6.08 Å². The molecule has 1 aromatic rings. The number of rotatable bonds is 2. The third kappa shape index (κ3) is 1.58. The second-order valence-corrected chi connectivity index (χ2v) is 2.48. The van der Waals surface area contributed by atoms with Crippen molar-refractivity contribution in [2.45, 2.75) is 6.04 Å². The zero-order valence-electron chi connectivity index (χ0n) is 5.80. The Morgan fingerprint density at radius 1 is 1.30 bits per heavy atom. The summed E-state index contributed by atoms with van der Waals surface area (Å²) < 4.78 is 0. The molecule has 0 atom stereocenters. The standard InChI is InChI=1S/C9H9Si/c1-2-8-3-5-9(7-10)6-4-8/h2-6H,1,7H2. The van der Waals surface area contributed by atoms with Gasteiger partial charge in [-0.1, -0.05) is 42.5 Å².